The fourth-order valence-corrected chi connectivity index (χ4v) is 2.06. The fraction of sp³-hybridized carbons (Fsp3) is 0.917. The average molecular weight is 228 g/mol. The first-order valence-corrected chi connectivity index (χ1v) is 6.14. The molecule has 2 N–H and O–H groups in total. The molecule has 1 amide bonds. The Morgan fingerprint density at radius 1 is 1.62 bits per heavy atom. The minimum Gasteiger partial charge on any atom is -0.379 e. The zero-order valence-electron chi connectivity index (χ0n) is 10.6. The number of hydrogen-bond acceptors (Lipinski definition) is 3. The van der Waals surface area contributed by atoms with Gasteiger partial charge in [0.05, 0.1) is 6.10 Å². The van der Waals surface area contributed by atoms with Crippen LogP contribution in [0.1, 0.15) is 33.1 Å². The molecule has 94 valence electrons. The van der Waals surface area contributed by atoms with Crippen molar-refractivity contribution in [3.05, 3.63) is 0 Å². The lowest BCUT2D eigenvalue weighted by Crippen LogP contribution is -2.47. The molecule has 1 saturated heterocycles. The van der Waals surface area contributed by atoms with E-state index in [1.165, 1.54) is 0 Å². The highest BCUT2D eigenvalue weighted by atomic mass is 16.5. The zero-order chi connectivity index (χ0) is 12.1. The first kappa shape index (κ1) is 13.5. The Morgan fingerprint density at radius 3 is 2.88 bits per heavy atom. The molecule has 4 nitrogen and oxygen atoms in total. The van der Waals surface area contributed by atoms with Crippen molar-refractivity contribution in [3.8, 4) is 0 Å². The second-order valence-electron chi connectivity index (χ2n) is 4.75. The summed E-state index contributed by atoms with van der Waals surface area (Å²) < 4.78 is 5.39. The van der Waals surface area contributed by atoms with Crippen molar-refractivity contribution >= 4 is 5.91 Å². The van der Waals surface area contributed by atoms with Crippen LogP contribution in [0, 0.1) is 5.92 Å². The Kier molecular flexibility index (Phi) is 5.22. The highest BCUT2D eigenvalue weighted by Crippen LogP contribution is 2.20. The molecule has 1 heterocycles. The fourth-order valence-electron chi connectivity index (χ4n) is 2.06. The van der Waals surface area contributed by atoms with Gasteiger partial charge in [0.2, 0.25) is 5.91 Å². The summed E-state index contributed by atoms with van der Waals surface area (Å²) in [4.78, 5) is 13.8. The first-order chi connectivity index (χ1) is 7.58. The molecular weight excluding hydrogens is 204 g/mol. The molecule has 0 spiro atoms. The van der Waals surface area contributed by atoms with Crippen molar-refractivity contribution in [3.63, 3.8) is 0 Å². The van der Waals surface area contributed by atoms with E-state index in [-0.39, 0.29) is 18.1 Å². The third-order valence-corrected chi connectivity index (χ3v) is 3.51. The van der Waals surface area contributed by atoms with Gasteiger partial charge in [-0.2, -0.15) is 0 Å². The number of carbonyl (C=O) groups excluding carboxylic acids is 1. The van der Waals surface area contributed by atoms with Gasteiger partial charge >= 0.3 is 0 Å². The number of methoxy groups -OCH3 is 1. The maximum Gasteiger partial charge on any atom is 0.224 e. The number of nitrogens with two attached hydrogens (primary N) is 1. The highest BCUT2D eigenvalue weighted by Gasteiger charge is 2.28. The molecule has 0 saturated carbocycles. The maximum absolute atomic E-state index is 11.9. The molecule has 0 aromatic heterocycles. The van der Waals surface area contributed by atoms with Crippen LogP contribution >= 0.6 is 0 Å². The van der Waals surface area contributed by atoms with Crippen molar-refractivity contribution in [1.82, 2.24) is 4.90 Å². The summed E-state index contributed by atoms with van der Waals surface area (Å²) in [6.07, 6.45) is 2.51. The van der Waals surface area contributed by atoms with Gasteiger partial charge in [-0.3, -0.25) is 4.79 Å². The van der Waals surface area contributed by atoms with Gasteiger partial charge in [-0.1, -0.05) is 13.8 Å². The van der Waals surface area contributed by atoms with Gasteiger partial charge < -0.3 is 15.4 Å². The normalized spacial score (nSPS) is 27.9. The molecule has 0 aliphatic carbocycles. The van der Waals surface area contributed by atoms with Gasteiger partial charge in [-0.25, -0.2) is 0 Å². The molecule has 1 rings (SSSR count). The van der Waals surface area contributed by atoms with E-state index in [0.717, 1.165) is 19.4 Å². The largest absolute Gasteiger partial charge is 0.379 e. The van der Waals surface area contributed by atoms with Crippen molar-refractivity contribution < 1.29 is 9.53 Å². The van der Waals surface area contributed by atoms with Gasteiger partial charge in [0.25, 0.3) is 0 Å². The topological polar surface area (TPSA) is 55.6 Å². The molecule has 3 atom stereocenters. The van der Waals surface area contributed by atoms with Crippen LogP contribution in [0.25, 0.3) is 0 Å². The smallest absolute Gasteiger partial charge is 0.224 e. The Morgan fingerprint density at radius 2 is 2.31 bits per heavy atom. The quantitative estimate of drug-likeness (QED) is 0.781. The summed E-state index contributed by atoms with van der Waals surface area (Å²) in [5, 5.41) is 0. The van der Waals surface area contributed by atoms with Crippen LogP contribution in [0.2, 0.25) is 0 Å². The summed E-state index contributed by atoms with van der Waals surface area (Å²) in [6, 6.07) is -0.00663. The minimum absolute atomic E-state index is 0.00663. The number of amides is 1. The third kappa shape index (κ3) is 3.46. The average Bonchev–Trinajstić information content (AvgIpc) is 2.29. The van der Waals surface area contributed by atoms with Crippen LogP contribution in [0.5, 0.6) is 0 Å². The zero-order valence-corrected chi connectivity index (χ0v) is 10.6. The summed E-state index contributed by atoms with van der Waals surface area (Å²) in [5.74, 6) is 0.706. The Bertz CT molecular complexity index is 233. The molecule has 4 heteroatoms. The molecule has 0 radical (unpaired) electrons. The number of rotatable bonds is 4. The van der Waals surface area contributed by atoms with Gasteiger partial charge in [0.15, 0.2) is 0 Å². The highest BCUT2D eigenvalue weighted by molar-refractivity contribution is 5.77. The summed E-state index contributed by atoms with van der Waals surface area (Å²) in [7, 11) is 1.72. The van der Waals surface area contributed by atoms with Crippen LogP contribution in [-0.2, 0) is 9.53 Å². The van der Waals surface area contributed by atoms with Crippen molar-refractivity contribution in [2.45, 2.75) is 45.3 Å². The van der Waals surface area contributed by atoms with Gasteiger partial charge in [-0.15, -0.1) is 0 Å². The van der Waals surface area contributed by atoms with E-state index in [0.29, 0.717) is 18.9 Å². The predicted octanol–water partition coefficient (Wildman–Crippen LogP) is 0.997. The van der Waals surface area contributed by atoms with Crippen LogP contribution in [0.3, 0.4) is 0 Å². The monoisotopic (exact) mass is 228 g/mol. The lowest BCUT2D eigenvalue weighted by Gasteiger charge is -2.36. The maximum atomic E-state index is 11.9. The van der Waals surface area contributed by atoms with Crippen LogP contribution in [-0.4, -0.2) is 43.2 Å². The molecule has 1 fully saturated rings. The molecule has 1 aliphatic heterocycles. The number of likely N-dealkylation sites (tertiary alicyclic amines) is 1. The summed E-state index contributed by atoms with van der Waals surface area (Å²) in [5.41, 5.74) is 5.80. The molecule has 0 aromatic carbocycles. The van der Waals surface area contributed by atoms with Gasteiger partial charge in [0.1, 0.15) is 0 Å². The predicted molar refractivity (Wildman–Crippen MR) is 64.0 cm³/mol. The molecule has 3 unspecified atom stereocenters. The van der Waals surface area contributed by atoms with E-state index in [9.17, 15) is 4.79 Å². The second kappa shape index (κ2) is 6.21. The van der Waals surface area contributed by atoms with E-state index in [2.05, 4.69) is 6.92 Å². The molecule has 16 heavy (non-hydrogen) atoms. The molecular formula is C12H24N2O2. The third-order valence-electron chi connectivity index (χ3n) is 3.51. The number of piperidine rings is 1. The second-order valence-corrected chi connectivity index (χ2v) is 4.75. The molecule has 0 bridgehead atoms. The molecule has 0 aromatic rings. The van der Waals surface area contributed by atoms with Crippen LogP contribution < -0.4 is 5.73 Å². The van der Waals surface area contributed by atoms with E-state index < -0.39 is 0 Å². The van der Waals surface area contributed by atoms with Crippen molar-refractivity contribution in [1.29, 1.82) is 0 Å². The number of carbonyl (C=O) groups is 1. The van der Waals surface area contributed by atoms with E-state index >= 15 is 0 Å². The summed E-state index contributed by atoms with van der Waals surface area (Å²) >= 11 is 0. The van der Waals surface area contributed by atoms with E-state index in [4.69, 9.17) is 10.5 Å². The SMILES string of the molecule is CCC(N)CC(=O)N1CCC(C)C(OC)C1. The number of ether oxygens (including phenoxy) is 1. The lowest BCUT2D eigenvalue weighted by atomic mass is 9.95. The number of nitrogens with zero attached hydrogens (tertiary/aromatic N) is 1. The van der Waals surface area contributed by atoms with E-state index in [1.807, 2.05) is 11.8 Å². The van der Waals surface area contributed by atoms with Gasteiger partial charge in [0, 0.05) is 32.7 Å². The minimum atomic E-state index is -0.00663. The van der Waals surface area contributed by atoms with Crippen molar-refractivity contribution in [2.75, 3.05) is 20.2 Å². The van der Waals surface area contributed by atoms with Gasteiger partial charge in [-0.05, 0) is 18.8 Å². The van der Waals surface area contributed by atoms with Crippen LogP contribution in [0.4, 0.5) is 0 Å². The Hall–Kier alpha value is -0.610. The van der Waals surface area contributed by atoms with E-state index in [1.54, 1.807) is 7.11 Å². The number of hydrogen-bond donors (Lipinski definition) is 1. The van der Waals surface area contributed by atoms with Crippen molar-refractivity contribution in [2.24, 2.45) is 11.7 Å². The van der Waals surface area contributed by atoms with Crippen LogP contribution in [0.15, 0.2) is 0 Å². The Balaban J connectivity index is 2.45. The Labute approximate surface area is 98.1 Å². The lowest BCUT2D eigenvalue weighted by molar-refractivity contribution is -0.136. The first-order valence-electron chi connectivity index (χ1n) is 6.14. The standard InChI is InChI=1S/C12H24N2O2/c1-4-10(13)7-12(15)14-6-5-9(2)11(8-14)16-3/h9-11H,4-8,13H2,1-3H3. The summed E-state index contributed by atoms with van der Waals surface area (Å²) in [6.45, 7) is 5.74. The molecule has 1 aliphatic rings.